The van der Waals surface area contributed by atoms with E-state index in [0.29, 0.717) is 30.0 Å². The lowest BCUT2D eigenvalue weighted by molar-refractivity contribution is -0.122. The summed E-state index contributed by atoms with van der Waals surface area (Å²) >= 11 is 5.67. The van der Waals surface area contributed by atoms with E-state index >= 15 is 0 Å². The summed E-state index contributed by atoms with van der Waals surface area (Å²) in [6.45, 7) is 0. The first kappa shape index (κ1) is 24.8. The monoisotopic (exact) mass is 499 g/mol. The molecule has 1 aliphatic rings. The Morgan fingerprint density at radius 3 is 2.71 bits per heavy atom. The summed E-state index contributed by atoms with van der Waals surface area (Å²) in [4.78, 5) is 37.3. The van der Waals surface area contributed by atoms with Crippen LogP contribution in [0.5, 0.6) is 5.75 Å². The number of ether oxygens (including phenoxy) is 1. The van der Waals surface area contributed by atoms with Gasteiger partial charge in [0.05, 0.1) is 24.2 Å². The van der Waals surface area contributed by atoms with Crippen molar-refractivity contribution in [1.82, 2.24) is 19.7 Å². The maximum atomic E-state index is 13.0. The fourth-order valence-electron chi connectivity index (χ4n) is 4.50. The summed E-state index contributed by atoms with van der Waals surface area (Å²) < 4.78 is 8.81. The highest BCUT2D eigenvalue weighted by Gasteiger charge is 2.25. The number of hydrogen-bond acceptors (Lipinski definition) is 5. The lowest BCUT2D eigenvalue weighted by atomic mass is 9.91. The predicted octanol–water partition coefficient (Wildman–Crippen LogP) is 3.61. The zero-order valence-corrected chi connectivity index (χ0v) is 20.7. The Morgan fingerprint density at radius 1 is 1.23 bits per heavy atom. The quantitative estimate of drug-likeness (QED) is 0.460. The molecule has 10 heteroatoms. The van der Waals surface area contributed by atoms with Gasteiger partial charge in [0.25, 0.3) is 11.5 Å². The molecule has 186 valence electrons. The number of hydrogen-bond donors (Lipinski definition) is 2. The molecule has 0 radical (unpaired) electrons. The van der Waals surface area contributed by atoms with E-state index in [0.717, 1.165) is 36.6 Å². The van der Waals surface area contributed by atoms with E-state index in [9.17, 15) is 14.4 Å². The molecule has 0 spiro atoms. The van der Waals surface area contributed by atoms with Crippen LogP contribution in [0.1, 0.15) is 54.9 Å². The van der Waals surface area contributed by atoms with Gasteiger partial charge in [-0.15, -0.1) is 11.6 Å². The topological polar surface area (TPSA) is 107 Å². The minimum Gasteiger partial charge on any atom is -0.496 e. The molecule has 0 aliphatic heterocycles. The molecule has 35 heavy (non-hydrogen) atoms. The van der Waals surface area contributed by atoms with Crippen molar-refractivity contribution < 1.29 is 14.3 Å². The van der Waals surface area contributed by atoms with Gasteiger partial charge < -0.3 is 19.9 Å². The van der Waals surface area contributed by atoms with Crippen LogP contribution in [0.2, 0.25) is 0 Å². The number of halogens is 1. The van der Waals surface area contributed by atoms with Gasteiger partial charge in [-0.1, -0.05) is 0 Å². The number of alkyl halides is 1. The summed E-state index contributed by atoms with van der Waals surface area (Å²) in [6, 6.07) is 7.14. The fraction of sp³-hybridized carbons (Fsp3) is 0.440. The molecule has 0 unspecified atom stereocenters. The molecule has 0 atom stereocenters. The number of fused-ring (bicyclic) bond motifs is 1. The van der Waals surface area contributed by atoms with Crippen LogP contribution in [0.4, 0.5) is 5.69 Å². The second kappa shape index (κ2) is 10.9. The third kappa shape index (κ3) is 5.67. The Labute approximate surface area is 208 Å². The molecule has 1 aliphatic carbocycles. The van der Waals surface area contributed by atoms with Crippen LogP contribution in [-0.2, 0) is 11.8 Å². The van der Waals surface area contributed by atoms with Crippen molar-refractivity contribution >= 4 is 40.0 Å². The number of benzene rings is 1. The molecule has 2 aromatic heterocycles. The number of methoxy groups -OCH3 is 1. The van der Waals surface area contributed by atoms with Crippen molar-refractivity contribution in [3.05, 3.63) is 52.6 Å². The summed E-state index contributed by atoms with van der Waals surface area (Å²) in [5.74, 6) is 0.512. The molecule has 4 rings (SSSR count). The molecule has 3 aromatic rings. The zero-order chi connectivity index (χ0) is 24.9. The van der Waals surface area contributed by atoms with Gasteiger partial charge in [0.2, 0.25) is 5.91 Å². The third-order valence-corrected chi connectivity index (χ3v) is 6.70. The standard InChI is InChI=1S/C25H30ClN5O4/c1-30-12-4-5-20(25(30)34)28-24(33)19-13-16-15-31(29-21(16)14-22(19)35-2)18-9-7-17(8-10-18)27-23(32)6-3-11-26/h4-5,12-15,17-18H,3,6-11H2,1-2H3,(H,27,32)(H,28,33)/t17-,18-. The lowest BCUT2D eigenvalue weighted by Gasteiger charge is -2.29. The number of nitrogens with one attached hydrogen (secondary N) is 2. The molecule has 1 saturated carbocycles. The minimum absolute atomic E-state index is 0.0604. The van der Waals surface area contributed by atoms with E-state index in [4.69, 9.17) is 21.4 Å². The van der Waals surface area contributed by atoms with Crippen molar-refractivity contribution in [3.63, 3.8) is 0 Å². The molecule has 0 saturated heterocycles. The minimum atomic E-state index is -0.426. The van der Waals surface area contributed by atoms with Gasteiger partial charge >= 0.3 is 0 Å². The molecule has 0 bridgehead atoms. The molecule has 2 heterocycles. The van der Waals surface area contributed by atoms with E-state index in [1.54, 1.807) is 37.5 Å². The first-order chi connectivity index (χ1) is 16.9. The number of aryl methyl sites for hydroxylation is 1. The molecule has 1 fully saturated rings. The maximum Gasteiger partial charge on any atom is 0.274 e. The summed E-state index contributed by atoms with van der Waals surface area (Å²) in [5, 5.41) is 11.3. The average molecular weight is 500 g/mol. The van der Waals surface area contributed by atoms with Crippen LogP contribution in [0.25, 0.3) is 10.9 Å². The second-order valence-corrected chi connectivity index (χ2v) is 9.26. The van der Waals surface area contributed by atoms with E-state index in [2.05, 4.69) is 10.6 Å². The molecule has 9 nitrogen and oxygen atoms in total. The summed E-state index contributed by atoms with van der Waals surface area (Å²) in [6.07, 6.45) is 8.29. The number of anilines is 1. The largest absolute Gasteiger partial charge is 0.496 e. The number of amides is 2. The first-order valence-corrected chi connectivity index (χ1v) is 12.3. The van der Waals surface area contributed by atoms with Gasteiger partial charge in [-0.2, -0.15) is 5.10 Å². The van der Waals surface area contributed by atoms with E-state index < -0.39 is 5.91 Å². The van der Waals surface area contributed by atoms with Gasteiger partial charge in [-0.25, -0.2) is 0 Å². The SMILES string of the molecule is COc1cc2nn([C@H]3CC[C@H](NC(=O)CCCCl)CC3)cc2cc1C(=O)Nc1cccn(C)c1=O. The van der Waals surface area contributed by atoms with Crippen LogP contribution in [-0.4, -0.2) is 45.2 Å². The number of rotatable bonds is 8. The normalized spacial score (nSPS) is 17.8. The Morgan fingerprint density at radius 2 is 2.00 bits per heavy atom. The predicted molar refractivity (Wildman–Crippen MR) is 135 cm³/mol. The smallest absolute Gasteiger partial charge is 0.274 e. The van der Waals surface area contributed by atoms with Crippen LogP contribution < -0.4 is 20.9 Å². The number of aromatic nitrogens is 3. The first-order valence-electron chi connectivity index (χ1n) is 11.8. The highest BCUT2D eigenvalue weighted by Crippen LogP contribution is 2.31. The second-order valence-electron chi connectivity index (χ2n) is 8.88. The van der Waals surface area contributed by atoms with Crippen LogP contribution in [0.3, 0.4) is 0 Å². The Bertz CT molecular complexity index is 1280. The van der Waals surface area contributed by atoms with E-state index in [1.807, 2.05) is 10.9 Å². The molecule has 2 amide bonds. The number of nitrogens with zero attached hydrogens (tertiary/aromatic N) is 3. The maximum absolute atomic E-state index is 13.0. The highest BCUT2D eigenvalue weighted by atomic mass is 35.5. The van der Waals surface area contributed by atoms with E-state index in [-0.39, 0.29) is 29.2 Å². The van der Waals surface area contributed by atoms with Crippen molar-refractivity contribution in [2.75, 3.05) is 18.3 Å². The number of carbonyl (C=O) groups is 2. The fourth-order valence-corrected chi connectivity index (χ4v) is 4.63. The highest BCUT2D eigenvalue weighted by molar-refractivity contribution is 6.17. The van der Waals surface area contributed by atoms with Crippen LogP contribution >= 0.6 is 11.6 Å². The summed E-state index contributed by atoms with van der Waals surface area (Å²) in [7, 11) is 3.13. The molecular formula is C25H30ClN5O4. The van der Waals surface area contributed by atoms with Crippen molar-refractivity contribution in [3.8, 4) is 5.75 Å². The van der Waals surface area contributed by atoms with Crippen LogP contribution in [0.15, 0.2) is 41.5 Å². The van der Waals surface area contributed by atoms with Gasteiger partial charge in [0.15, 0.2) is 0 Å². The van der Waals surface area contributed by atoms with Crippen molar-refractivity contribution in [2.45, 2.75) is 50.6 Å². The van der Waals surface area contributed by atoms with Crippen molar-refractivity contribution in [1.29, 1.82) is 0 Å². The van der Waals surface area contributed by atoms with Crippen molar-refractivity contribution in [2.24, 2.45) is 7.05 Å². The molecule has 2 N–H and O–H groups in total. The Hall–Kier alpha value is -3.33. The molecule has 1 aromatic carbocycles. The average Bonchev–Trinajstić information content (AvgIpc) is 3.28. The number of pyridine rings is 1. The zero-order valence-electron chi connectivity index (χ0n) is 19.9. The summed E-state index contributed by atoms with van der Waals surface area (Å²) in [5.41, 5.74) is 0.961. The number of carbonyl (C=O) groups excluding carboxylic acids is 2. The van der Waals surface area contributed by atoms with Gasteiger partial charge in [-0.3, -0.25) is 19.1 Å². The van der Waals surface area contributed by atoms with Gasteiger partial charge in [0, 0.05) is 49.2 Å². The van der Waals surface area contributed by atoms with Crippen LogP contribution in [0, 0.1) is 0 Å². The Balaban J connectivity index is 1.48. The molecular weight excluding hydrogens is 470 g/mol. The van der Waals surface area contributed by atoms with E-state index in [1.165, 1.54) is 11.7 Å². The van der Waals surface area contributed by atoms with Gasteiger partial charge in [-0.05, 0) is 50.3 Å². The lowest BCUT2D eigenvalue weighted by Crippen LogP contribution is -2.38. The van der Waals surface area contributed by atoms with Gasteiger partial charge in [0.1, 0.15) is 11.4 Å². The third-order valence-electron chi connectivity index (χ3n) is 6.43. The Kier molecular flexibility index (Phi) is 7.75.